The second kappa shape index (κ2) is 6.07. The number of anilines is 2. The van der Waals surface area contributed by atoms with Crippen LogP contribution in [0.5, 0.6) is 5.75 Å². The Morgan fingerprint density at radius 2 is 1.90 bits per heavy atom. The van der Waals surface area contributed by atoms with E-state index < -0.39 is 5.82 Å². The van der Waals surface area contributed by atoms with Gasteiger partial charge in [-0.15, -0.1) is 0 Å². The van der Waals surface area contributed by atoms with Gasteiger partial charge in [-0.2, -0.15) is 0 Å². The van der Waals surface area contributed by atoms with E-state index in [1.165, 1.54) is 13.2 Å². The second-order valence-corrected chi connectivity index (χ2v) is 4.88. The van der Waals surface area contributed by atoms with Crippen LogP contribution in [0.25, 0.3) is 0 Å². The number of methoxy groups -OCH3 is 1. The molecule has 2 aromatic carbocycles. The molecule has 0 radical (unpaired) electrons. The molecule has 0 amide bonds. The summed E-state index contributed by atoms with van der Waals surface area (Å²) in [5, 5.41) is 3.48. The van der Waals surface area contributed by atoms with Crippen LogP contribution >= 0.6 is 23.8 Å². The molecular weight excluding hydrogens is 299 g/mol. The molecule has 0 spiro atoms. The van der Waals surface area contributed by atoms with Crippen molar-refractivity contribution in [1.82, 2.24) is 0 Å². The molecule has 0 aliphatic carbocycles. The maximum atomic E-state index is 13.6. The Bertz CT molecular complexity index is 664. The van der Waals surface area contributed by atoms with Gasteiger partial charge in [-0.25, -0.2) is 4.39 Å². The first kappa shape index (κ1) is 14.6. The summed E-state index contributed by atoms with van der Waals surface area (Å²) in [6.45, 7) is 0. The van der Waals surface area contributed by atoms with Gasteiger partial charge in [-0.05, 0) is 30.3 Å². The SMILES string of the molecule is COc1ccc(Nc2ccc(C(N)=S)c(Cl)c2)cc1F. The molecule has 0 saturated carbocycles. The lowest BCUT2D eigenvalue weighted by Gasteiger charge is -2.10. The highest BCUT2D eigenvalue weighted by molar-refractivity contribution is 7.80. The van der Waals surface area contributed by atoms with Crippen molar-refractivity contribution < 1.29 is 9.13 Å². The first-order valence-electron chi connectivity index (χ1n) is 5.71. The van der Waals surface area contributed by atoms with Crippen LogP contribution in [-0.4, -0.2) is 12.1 Å². The zero-order valence-corrected chi connectivity index (χ0v) is 12.2. The standard InChI is InChI=1S/C14H12ClFN2OS/c1-19-13-5-3-9(7-12(13)16)18-8-2-4-10(14(17)20)11(15)6-8/h2-7,18H,1H3,(H2,17,20). The molecule has 0 bridgehead atoms. The van der Waals surface area contributed by atoms with Crippen molar-refractivity contribution in [2.45, 2.75) is 0 Å². The van der Waals surface area contributed by atoms with Crippen molar-refractivity contribution in [1.29, 1.82) is 0 Å². The smallest absolute Gasteiger partial charge is 0.167 e. The number of thiocarbonyl (C=S) groups is 1. The fraction of sp³-hybridized carbons (Fsp3) is 0.0714. The minimum atomic E-state index is -0.441. The molecule has 0 atom stereocenters. The Kier molecular flexibility index (Phi) is 4.42. The molecule has 3 N–H and O–H groups in total. The molecule has 0 unspecified atom stereocenters. The van der Waals surface area contributed by atoms with Gasteiger partial charge in [0.25, 0.3) is 0 Å². The Morgan fingerprint density at radius 3 is 2.45 bits per heavy atom. The number of rotatable bonds is 4. The van der Waals surface area contributed by atoms with Crippen LogP contribution in [0.1, 0.15) is 5.56 Å². The highest BCUT2D eigenvalue weighted by Gasteiger charge is 2.06. The Morgan fingerprint density at radius 1 is 1.25 bits per heavy atom. The topological polar surface area (TPSA) is 47.3 Å². The van der Waals surface area contributed by atoms with E-state index in [1.807, 2.05) is 0 Å². The van der Waals surface area contributed by atoms with E-state index in [-0.39, 0.29) is 10.7 Å². The van der Waals surface area contributed by atoms with E-state index in [4.69, 9.17) is 34.3 Å². The van der Waals surface area contributed by atoms with Crippen LogP contribution in [0.2, 0.25) is 5.02 Å². The van der Waals surface area contributed by atoms with Crippen LogP contribution < -0.4 is 15.8 Å². The second-order valence-electron chi connectivity index (χ2n) is 4.03. The van der Waals surface area contributed by atoms with Crippen LogP contribution in [0, 0.1) is 5.82 Å². The lowest BCUT2D eigenvalue weighted by molar-refractivity contribution is 0.386. The van der Waals surface area contributed by atoms with Gasteiger partial charge in [-0.3, -0.25) is 0 Å². The average molecular weight is 311 g/mol. The Labute approximate surface area is 126 Å². The monoisotopic (exact) mass is 310 g/mol. The van der Waals surface area contributed by atoms with E-state index in [0.717, 1.165) is 0 Å². The maximum Gasteiger partial charge on any atom is 0.167 e. The van der Waals surface area contributed by atoms with Crippen LogP contribution in [0.15, 0.2) is 36.4 Å². The van der Waals surface area contributed by atoms with E-state index in [0.29, 0.717) is 22.0 Å². The summed E-state index contributed by atoms with van der Waals surface area (Å²) in [5.41, 5.74) is 7.43. The van der Waals surface area contributed by atoms with Crippen molar-refractivity contribution >= 4 is 40.2 Å². The Balaban J connectivity index is 2.24. The number of hydrogen-bond acceptors (Lipinski definition) is 3. The number of nitrogens with two attached hydrogens (primary N) is 1. The van der Waals surface area contributed by atoms with Gasteiger partial charge in [0.15, 0.2) is 11.6 Å². The molecule has 0 fully saturated rings. The molecule has 2 rings (SSSR count). The summed E-state index contributed by atoms with van der Waals surface area (Å²) in [4.78, 5) is 0.233. The van der Waals surface area contributed by atoms with Crippen LogP contribution in [-0.2, 0) is 0 Å². The summed E-state index contributed by atoms with van der Waals surface area (Å²) in [7, 11) is 1.42. The predicted octanol–water partition coefficient (Wildman–Crippen LogP) is 3.87. The maximum absolute atomic E-state index is 13.6. The first-order valence-corrected chi connectivity index (χ1v) is 6.50. The van der Waals surface area contributed by atoms with Crippen molar-refractivity contribution in [2.75, 3.05) is 12.4 Å². The molecule has 0 aliphatic heterocycles. The van der Waals surface area contributed by atoms with Crippen molar-refractivity contribution in [3.8, 4) is 5.75 Å². The fourth-order valence-corrected chi connectivity index (χ4v) is 2.22. The van der Waals surface area contributed by atoms with E-state index in [1.54, 1.807) is 30.3 Å². The third kappa shape index (κ3) is 3.18. The van der Waals surface area contributed by atoms with Crippen molar-refractivity contribution in [3.05, 3.63) is 52.8 Å². The highest BCUT2D eigenvalue weighted by Crippen LogP contribution is 2.26. The summed E-state index contributed by atoms with van der Waals surface area (Å²) in [6.07, 6.45) is 0. The molecule has 6 heteroatoms. The van der Waals surface area contributed by atoms with Gasteiger partial charge in [0, 0.05) is 23.0 Å². The van der Waals surface area contributed by atoms with E-state index >= 15 is 0 Å². The third-order valence-electron chi connectivity index (χ3n) is 2.68. The third-order valence-corrected chi connectivity index (χ3v) is 3.21. The summed E-state index contributed by atoms with van der Waals surface area (Å²) >= 11 is 10.9. The summed E-state index contributed by atoms with van der Waals surface area (Å²) < 4.78 is 18.4. The minimum absolute atomic E-state index is 0.192. The van der Waals surface area contributed by atoms with Crippen LogP contribution in [0.4, 0.5) is 15.8 Å². The van der Waals surface area contributed by atoms with E-state index in [9.17, 15) is 4.39 Å². The number of hydrogen-bond donors (Lipinski definition) is 2. The van der Waals surface area contributed by atoms with Gasteiger partial charge < -0.3 is 15.8 Å². The lowest BCUT2D eigenvalue weighted by atomic mass is 10.2. The largest absolute Gasteiger partial charge is 0.494 e. The zero-order chi connectivity index (χ0) is 14.7. The molecule has 20 heavy (non-hydrogen) atoms. The highest BCUT2D eigenvalue weighted by atomic mass is 35.5. The average Bonchev–Trinajstić information content (AvgIpc) is 2.38. The van der Waals surface area contributed by atoms with Gasteiger partial charge in [0.1, 0.15) is 4.99 Å². The van der Waals surface area contributed by atoms with Gasteiger partial charge in [-0.1, -0.05) is 23.8 Å². The molecular formula is C14H12ClFN2OS. The van der Waals surface area contributed by atoms with Crippen molar-refractivity contribution in [3.63, 3.8) is 0 Å². The van der Waals surface area contributed by atoms with Crippen molar-refractivity contribution in [2.24, 2.45) is 5.73 Å². The lowest BCUT2D eigenvalue weighted by Crippen LogP contribution is -2.09. The predicted molar refractivity (Wildman–Crippen MR) is 83.6 cm³/mol. The number of benzene rings is 2. The molecule has 3 nitrogen and oxygen atoms in total. The van der Waals surface area contributed by atoms with Gasteiger partial charge >= 0.3 is 0 Å². The molecule has 0 heterocycles. The molecule has 104 valence electrons. The summed E-state index contributed by atoms with van der Waals surface area (Å²) in [6, 6.07) is 9.75. The first-order chi connectivity index (χ1) is 9.51. The number of ether oxygens (including phenoxy) is 1. The normalized spacial score (nSPS) is 10.2. The molecule has 2 aromatic rings. The fourth-order valence-electron chi connectivity index (χ4n) is 1.70. The quantitative estimate of drug-likeness (QED) is 0.842. The Hall–Kier alpha value is -1.85. The van der Waals surface area contributed by atoms with E-state index in [2.05, 4.69) is 5.32 Å². The molecule has 0 aromatic heterocycles. The minimum Gasteiger partial charge on any atom is -0.494 e. The summed E-state index contributed by atoms with van der Waals surface area (Å²) in [5.74, 6) is -0.249. The number of nitrogens with one attached hydrogen (secondary N) is 1. The molecule has 0 aliphatic rings. The number of halogens is 2. The van der Waals surface area contributed by atoms with Gasteiger partial charge in [0.2, 0.25) is 0 Å². The zero-order valence-electron chi connectivity index (χ0n) is 10.6. The molecule has 0 saturated heterocycles. The van der Waals surface area contributed by atoms with Crippen LogP contribution in [0.3, 0.4) is 0 Å². The van der Waals surface area contributed by atoms with Gasteiger partial charge in [0.05, 0.1) is 12.1 Å².